The molecule has 3 unspecified atom stereocenters. The van der Waals surface area contributed by atoms with Gasteiger partial charge in [0.15, 0.2) is 0 Å². The number of benzene rings is 1. The molecule has 2 heteroatoms. The van der Waals surface area contributed by atoms with Crippen LogP contribution < -0.4 is 5.32 Å². The molecule has 1 aromatic rings. The first kappa shape index (κ1) is 14.6. The van der Waals surface area contributed by atoms with E-state index < -0.39 is 0 Å². The van der Waals surface area contributed by atoms with Crippen LogP contribution in [0, 0.1) is 24.7 Å². The Labute approximate surface area is 128 Å². The van der Waals surface area contributed by atoms with Crippen molar-refractivity contribution in [3.63, 3.8) is 0 Å². The number of hydrogen-bond acceptors (Lipinski definition) is 1. The third kappa shape index (κ3) is 3.00. The van der Waals surface area contributed by atoms with E-state index >= 15 is 0 Å². The van der Waals surface area contributed by atoms with Gasteiger partial charge in [0.2, 0.25) is 5.91 Å². The lowest BCUT2D eigenvalue weighted by Gasteiger charge is -2.22. The number of amides is 1. The first-order valence-corrected chi connectivity index (χ1v) is 8.44. The topological polar surface area (TPSA) is 29.1 Å². The number of anilines is 1. The van der Waals surface area contributed by atoms with Gasteiger partial charge in [0.25, 0.3) is 0 Å². The minimum atomic E-state index is 0.212. The smallest absolute Gasteiger partial charge is 0.224 e. The predicted octanol–water partition coefficient (Wildman–Crippen LogP) is 4.88. The van der Waals surface area contributed by atoms with E-state index in [0.717, 1.165) is 17.5 Å². The SMILES string of the molecule is Cc1cccc(C(C)C)c1NC(=O)CC1CC2CCC1C2. The number of fused-ring (bicyclic) bond motifs is 2. The van der Waals surface area contributed by atoms with Gasteiger partial charge in [0, 0.05) is 12.1 Å². The monoisotopic (exact) mass is 285 g/mol. The molecule has 2 saturated carbocycles. The number of rotatable bonds is 4. The van der Waals surface area contributed by atoms with Gasteiger partial charge in [-0.2, -0.15) is 0 Å². The van der Waals surface area contributed by atoms with Crippen molar-refractivity contribution in [2.45, 2.75) is 58.8 Å². The molecule has 3 rings (SSSR count). The maximum absolute atomic E-state index is 12.5. The number of nitrogens with one attached hydrogen (secondary N) is 1. The van der Waals surface area contributed by atoms with Crippen LogP contribution in [0.5, 0.6) is 0 Å². The van der Waals surface area contributed by atoms with Crippen LogP contribution in [0.25, 0.3) is 0 Å². The fourth-order valence-electron chi connectivity index (χ4n) is 4.40. The third-order valence-electron chi connectivity index (χ3n) is 5.52. The lowest BCUT2D eigenvalue weighted by molar-refractivity contribution is -0.117. The Morgan fingerprint density at radius 2 is 2.10 bits per heavy atom. The molecule has 1 N–H and O–H groups in total. The van der Waals surface area contributed by atoms with E-state index in [9.17, 15) is 4.79 Å². The minimum absolute atomic E-state index is 0.212. The molecule has 2 nitrogen and oxygen atoms in total. The van der Waals surface area contributed by atoms with E-state index in [1.165, 1.54) is 36.8 Å². The molecule has 114 valence electrons. The Morgan fingerprint density at radius 3 is 2.71 bits per heavy atom. The molecular weight excluding hydrogens is 258 g/mol. The highest BCUT2D eigenvalue weighted by Crippen LogP contribution is 2.49. The molecule has 1 aromatic carbocycles. The standard InChI is InChI=1S/C19H27NO/c1-12(2)17-6-4-5-13(3)19(17)20-18(21)11-16-10-14-7-8-15(16)9-14/h4-6,12,14-16H,7-11H2,1-3H3,(H,20,21). The zero-order valence-corrected chi connectivity index (χ0v) is 13.5. The van der Waals surface area contributed by atoms with E-state index in [0.29, 0.717) is 18.3 Å². The van der Waals surface area contributed by atoms with Crippen molar-refractivity contribution in [1.29, 1.82) is 0 Å². The van der Waals surface area contributed by atoms with E-state index in [1.807, 2.05) is 0 Å². The van der Waals surface area contributed by atoms with Crippen LogP contribution in [-0.2, 0) is 4.79 Å². The number of para-hydroxylation sites is 1. The second kappa shape index (κ2) is 5.82. The normalized spacial score (nSPS) is 27.3. The fourth-order valence-corrected chi connectivity index (χ4v) is 4.40. The zero-order chi connectivity index (χ0) is 15.0. The Hall–Kier alpha value is -1.31. The molecular formula is C19H27NO. The number of aryl methyl sites for hydroxylation is 1. The second-order valence-corrected chi connectivity index (χ2v) is 7.38. The van der Waals surface area contributed by atoms with E-state index in [-0.39, 0.29) is 5.91 Å². The molecule has 1 amide bonds. The quantitative estimate of drug-likeness (QED) is 0.839. The average Bonchev–Trinajstić information content (AvgIpc) is 3.03. The molecule has 2 aliphatic rings. The van der Waals surface area contributed by atoms with Crippen molar-refractivity contribution in [2.75, 3.05) is 5.32 Å². The number of carbonyl (C=O) groups is 1. The van der Waals surface area contributed by atoms with Crippen LogP contribution in [0.15, 0.2) is 18.2 Å². The van der Waals surface area contributed by atoms with Gasteiger partial charge in [-0.1, -0.05) is 38.5 Å². The van der Waals surface area contributed by atoms with Gasteiger partial charge in [-0.3, -0.25) is 4.79 Å². The van der Waals surface area contributed by atoms with E-state index in [1.54, 1.807) is 0 Å². The van der Waals surface area contributed by atoms with Crippen molar-refractivity contribution >= 4 is 11.6 Å². The molecule has 0 radical (unpaired) electrons. The number of carbonyl (C=O) groups excluding carboxylic acids is 1. The highest BCUT2D eigenvalue weighted by Gasteiger charge is 2.40. The van der Waals surface area contributed by atoms with Crippen molar-refractivity contribution in [3.05, 3.63) is 29.3 Å². The van der Waals surface area contributed by atoms with Gasteiger partial charge in [-0.05, 0) is 61.0 Å². The summed E-state index contributed by atoms with van der Waals surface area (Å²) in [6.07, 6.45) is 6.12. The molecule has 0 aromatic heterocycles. The molecule has 0 saturated heterocycles. The summed E-state index contributed by atoms with van der Waals surface area (Å²) in [5.41, 5.74) is 3.46. The third-order valence-corrected chi connectivity index (χ3v) is 5.52. The van der Waals surface area contributed by atoms with E-state index in [2.05, 4.69) is 44.3 Å². The summed E-state index contributed by atoms with van der Waals surface area (Å²) in [6.45, 7) is 6.44. The second-order valence-electron chi connectivity index (χ2n) is 7.38. The van der Waals surface area contributed by atoms with Crippen LogP contribution in [0.2, 0.25) is 0 Å². The summed E-state index contributed by atoms with van der Waals surface area (Å²) < 4.78 is 0. The average molecular weight is 285 g/mol. The highest BCUT2D eigenvalue weighted by molar-refractivity contribution is 5.92. The zero-order valence-electron chi connectivity index (χ0n) is 13.5. The minimum Gasteiger partial charge on any atom is -0.326 e. The number of hydrogen-bond donors (Lipinski definition) is 1. The van der Waals surface area contributed by atoms with Gasteiger partial charge >= 0.3 is 0 Å². The summed E-state index contributed by atoms with van der Waals surface area (Å²) in [4.78, 5) is 12.5. The van der Waals surface area contributed by atoms with Gasteiger partial charge < -0.3 is 5.32 Å². The summed E-state index contributed by atoms with van der Waals surface area (Å²) >= 11 is 0. The summed E-state index contributed by atoms with van der Waals surface area (Å²) in [5.74, 6) is 3.02. The van der Waals surface area contributed by atoms with Gasteiger partial charge in [-0.15, -0.1) is 0 Å². The first-order valence-electron chi connectivity index (χ1n) is 8.44. The Balaban J connectivity index is 1.67. The molecule has 0 heterocycles. The van der Waals surface area contributed by atoms with Crippen LogP contribution in [-0.4, -0.2) is 5.91 Å². The molecule has 0 spiro atoms. The molecule has 2 fully saturated rings. The van der Waals surface area contributed by atoms with Gasteiger partial charge in [-0.25, -0.2) is 0 Å². The Morgan fingerprint density at radius 1 is 1.29 bits per heavy atom. The summed E-state index contributed by atoms with van der Waals surface area (Å²) in [5, 5.41) is 3.21. The van der Waals surface area contributed by atoms with Crippen molar-refractivity contribution in [2.24, 2.45) is 17.8 Å². The van der Waals surface area contributed by atoms with Crippen LogP contribution in [0.1, 0.15) is 63.0 Å². The van der Waals surface area contributed by atoms with Crippen molar-refractivity contribution in [1.82, 2.24) is 0 Å². The van der Waals surface area contributed by atoms with Gasteiger partial charge in [0.1, 0.15) is 0 Å². The largest absolute Gasteiger partial charge is 0.326 e. The lowest BCUT2D eigenvalue weighted by Crippen LogP contribution is -2.21. The van der Waals surface area contributed by atoms with Crippen LogP contribution in [0.3, 0.4) is 0 Å². The summed E-state index contributed by atoms with van der Waals surface area (Å²) in [7, 11) is 0. The molecule has 21 heavy (non-hydrogen) atoms. The predicted molar refractivity (Wildman–Crippen MR) is 87.5 cm³/mol. The Bertz CT molecular complexity index is 534. The van der Waals surface area contributed by atoms with Crippen LogP contribution >= 0.6 is 0 Å². The van der Waals surface area contributed by atoms with Gasteiger partial charge in [0.05, 0.1) is 0 Å². The fraction of sp³-hybridized carbons (Fsp3) is 0.632. The lowest BCUT2D eigenvalue weighted by atomic mass is 9.86. The molecule has 2 bridgehead atoms. The molecule has 2 aliphatic carbocycles. The maximum atomic E-state index is 12.5. The van der Waals surface area contributed by atoms with Crippen LogP contribution in [0.4, 0.5) is 5.69 Å². The van der Waals surface area contributed by atoms with E-state index in [4.69, 9.17) is 0 Å². The Kier molecular flexibility index (Phi) is 4.05. The first-order chi connectivity index (χ1) is 10.0. The molecule has 3 atom stereocenters. The summed E-state index contributed by atoms with van der Waals surface area (Å²) in [6, 6.07) is 6.29. The highest BCUT2D eigenvalue weighted by atomic mass is 16.1. The van der Waals surface area contributed by atoms with Crippen molar-refractivity contribution < 1.29 is 4.79 Å². The molecule has 0 aliphatic heterocycles. The maximum Gasteiger partial charge on any atom is 0.224 e. The van der Waals surface area contributed by atoms with Crippen molar-refractivity contribution in [3.8, 4) is 0 Å².